The predicted molar refractivity (Wildman–Crippen MR) is 97.9 cm³/mol. The molecular formula is C17H21N3O6S. The Morgan fingerprint density at radius 2 is 2.22 bits per heavy atom. The highest BCUT2D eigenvalue weighted by Gasteiger charge is 2.31. The number of oxazole rings is 1. The van der Waals surface area contributed by atoms with Crippen LogP contribution in [-0.2, 0) is 15.5 Å². The number of carbonyl (C=O) groups is 1. The van der Waals surface area contributed by atoms with Crippen LogP contribution in [0.5, 0.6) is 0 Å². The smallest absolute Gasteiger partial charge is 0.410 e. The van der Waals surface area contributed by atoms with Crippen molar-refractivity contribution in [1.82, 2.24) is 9.88 Å². The molecule has 9 nitrogen and oxygen atoms in total. The molecule has 0 radical (unpaired) electrons. The molecule has 3 rings (SSSR count). The van der Waals surface area contributed by atoms with Gasteiger partial charge in [-0.05, 0) is 39.2 Å². The Kier molecular flexibility index (Phi) is 5.18. The van der Waals surface area contributed by atoms with E-state index in [-0.39, 0.29) is 22.9 Å². The van der Waals surface area contributed by atoms with Gasteiger partial charge < -0.3 is 14.1 Å². The molecule has 0 saturated carbocycles. The van der Waals surface area contributed by atoms with Gasteiger partial charge >= 0.3 is 6.09 Å². The number of hydrogen-bond donors (Lipinski definition) is 0. The second-order valence-electron chi connectivity index (χ2n) is 7.48. The van der Waals surface area contributed by atoms with Gasteiger partial charge in [-0.25, -0.2) is 14.0 Å². The maximum Gasteiger partial charge on any atom is 0.410 e. The normalized spacial score (nSPS) is 18.6. The molecule has 1 saturated heterocycles. The van der Waals surface area contributed by atoms with Crippen LogP contribution in [0.1, 0.15) is 27.2 Å². The molecule has 1 aliphatic heterocycles. The number of benzene rings is 1. The fraction of sp³-hybridized carbons (Fsp3) is 0.529. The summed E-state index contributed by atoms with van der Waals surface area (Å²) in [4.78, 5) is 28.2. The summed E-state index contributed by atoms with van der Waals surface area (Å²) in [6, 6.07) is 4.05. The number of fused-ring (bicyclic) bond motifs is 1. The van der Waals surface area contributed by atoms with Crippen LogP contribution in [0.25, 0.3) is 11.1 Å². The summed E-state index contributed by atoms with van der Waals surface area (Å²) >= 11 is 0. The van der Waals surface area contributed by atoms with E-state index in [1.165, 1.54) is 18.2 Å². The maximum absolute atomic E-state index is 12.6. The number of nitro benzene ring substituents is 1. The zero-order valence-electron chi connectivity index (χ0n) is 15.3. The van der Waals surface area contributed by atoms with Gasteiger partial charge in [-0.1, -0.05) is 0 Å². The molecule has 1 aliphatic rings. The van der Waals surface area contributed by atoms with E-state index < -0.39 is 21.3 Å². The van der Waals surface area contributed by atoms with Crippen molar-refractivity contribution < 1.29 is 23.1 Å². The molecule has 27 heavy (non-hydrogen) atoms. The van der Waals surface area contributed by atoms with E-state index >= 15 is 0 Å². The van der Waals surface area contributed by atoms with Crippen molar-refractivity contribution in [3.05, 3.63) is 28.3 Å². The van der Waals surface area contributed by atoms with E-state index in [0.717, 1.165) is 6.42 Å². The Morgan fingerprint density at radius 3 is 2.89 bits per heavy atom. The van der Waals surface area contributed by atoms with Crippen molar-refractivity contribution in [1.29, 1.82) is 0 Å². The summed E-state index contributed by atoms with van der Waals surface area (Å²) in [6.45, 7) is 6.45. The molecule has 0 spiro atoms. The van der Waals surface area contributed by atoms with E-state index in [1.54, 1.807) is 4.90 Å². The molecule has 1 aromatic carbocycles. The van der Waals surface area contributed by atoms with Crippen LogP contribution in [-0.4, -0.2) is 49.6 Å². The van der Waals surface area contributed by atoms with Crippen molar-refractivity contribution in [2.24, 2.45) is 5.92 Å². The fourth-order valence-electron chi connectivity index (χ4n) is 2.85. The first-order valence-corrected chi connectivity index (χ1v) is 9.85. The van der Waals surface area contributed by atoms with Gasteiger partial charge in [-0.3, -0.25) is 10.1 Å². The highest BCUT2D eigenvalue weighted by atomic mass is 32.2. The van der Waals surface area contributed by atoms with E-state index in [1.807, 2.05) is 20.8 Å². The minimum Gasteiger partial charge on any atom is -0.444 e. The molecule has 1 amide bonds. The molecule has 10 heteroatoms. The van der Waals surface area contributed by atoms with Crippen LogP contribution in [0, 0.1) is 16.0 Å². The van der Waals surface area contributed by atoms with Gasteiger partial charge in [0.15, 0.2) is 5.58 Å². The van der Waals surface area contributed by atoms with Crippen molar-refractivity contribution in [3.63, 3.8) is 0 Å². The minimum absolute atomic E-state index is 0.0428. The Labute approximate surface area is 158 Å². The lowest BCUT2D eigenvalue weighted by Gasteiger charge is -2.24. The second-order valence-corrected chi connectivity index (χ2v) is 8.86. The summed E-state index contributed by atoms with van der Waals surface area (Å²) in [5.74, 6) is 0.344. The number of amides is 1. The van der Waals surface area contributed by atoms with Crippen LogP contribution >= 0.6 is 0 Å². The zero-order valence-corrected chi connectivity index (χ0v) is 16.2. The van der Waals surface area contributed by atoms with Crippen LogP contribution in [0.4, 0.5) is 10.5 Å². The summed E-state index contributed by atoms with van der Waals surface area (Å²) in [7, 11) is -1.50. The quantitative estimate of drug-likeness (QED) is 0.577. The lowest BCUT2D eigenvalue weighted by molar-refractivity contribution is -0.384. The fourth-order valence-corrected chi connectivity index (χ4v) is 4.08. The monoisotopic (exact) mass is 395 g/mol. The third-order valence-corrected chi connectivity index (χ3v) is 5.42. The number of aromatic nitrogens is 1. The SMILES string of the molecule is CC(C)(C)OC(=O)N1CC[C@H](C[S@](=O)c2nc3cc([N+](=O)[O-])ccc3o2)C1. The molecular weight excluding hydrogens is 374 g/mol. The first kappa shape index (κ1) is 19.3. The van der Waals surface area contributed by atoms with E-state index in [4.69, 9.17) is 9.15 Å². The molecule has 1 fully saturated rings. The van der Waals surface area contributed by atoms with Crippen molar-refractivity contribution in [3.8, 4) is 0 Å². The van der Waals surface area contributed by atoms with Crippen LogP contribution in [0.15, 0.2) is 27.8 Å². The van der Waals surface area contributed by atoms with Gasteiger partial charge in [0.05, 0.1) is 4.92 Å². The molecule has 0 N–H and O–H groups in total. The number of likely N-dealkylation sites (tertiary alicyclic amines) is 1. The van der Waals surface area contributed by atoms with Crippen LogP contribution < -0.4 is 0 Å². The molecule has 0 unspecified atom stereocenters. The topological polar surface area (TPSA) is 116 Å². The predicted octanol–water partition coefficient (Wildman–Crippen LogP) is 3.10. The molecule has 0 aliphatic carbocycles. The largest absolute Gasteiger partial charge is 0.444 e. The van der Waals surface area contributed by atoms with E-state index in [2.05, 4.69) is 4.98 Å². The number of non-ortho nitro benzene ring substituents is 1. The third-order valence-electron chi connectivity index (χ3n) is 4.08. The number of nitrogens with zero attached hydrogens (tertiary/aromatic N) is 3. The number of hydrogen-bond acceptors (Lipinski definition) is 7. The van der Waals surface area contributed by atoms with Gasteiger partial charge in [0.1, 0.15) is 21.9 Å². The summed E-state index contributed by atoms with van der Waals surface area (Å²) < 4.78 is 23.4. The van der Waals surface area contributed by atoms with Crippen molar-refractivity contribution in [2.75, 3.05) is 18.8 Å². The summed E-state index contributed by atoms with van der Waals surface area (Å²) in [5, 5.41) is 10.9. The van der Waals surface area contributed by atoms with E-state index in [0.29, 0.717) is 29.9 Å². The molecule has 146 valence electrons. The first-order chi connectivity index (χ1) is 12.6. The number of ether oxygens (including phenoxy) is 1. The molecule has 1 aromatic heterocycles. The van der Waals surface area contributed by atoms with Crippen LogP contribution in [0.2, 0.25) is 0 Å². The van der Waals surface area contributed by atoms with Gasteiger partial charge in [0.2, 0.25) is 0 Å². The standard InChI is InChI=1S/C17H21N3O6S/c1-17(2,3)26-16(21)19-7-6-11(9-19)10-27(24)15-18-13-8-12(20(22)23)4-5-14(13)25-15/h4-5,8,11H,6-7,9-10H2,1-3H3/t11-,27-/m0/s1. The van der Waals surface area contributed by atoms with Crippen molar-refractivity contribution in [2.45, 2.75) is 38.0 Å². The molecule has 0 bridgehead atoms. The molecule has 2 heterocycles. The Hall–Kier alpha value is -2.49. The molecule has 2 atom stereocenters. The maximum atomic E-state index is 12.6. The average molecular weight is 395 g/mol. The lowest BCUT2D eigenvalue weighted by atomic mass is 10.2. The molecule has 2 aromatic rings. The Morgan fingerprint density at radius 1 is 1.48 bits per heavy atom. The van der Waals surface area contributed by atoms with E-state index in [9.17, 15) is 19.1 Å². The Balaban J connectivity index is 1.63. The minimum atomic E-state index is -1.50. The lowest BCUT2D eigenvalue weighted by Crippen LogP contribution is -2.35. The van der Waals surface area contributed by atoms with Gasteiger partial charge in [0.25, 0.3) is 10.9 Å². The van der Waals surface area contributed by atoms with Gasteiger partial charge in [-0.15, -0.1) is 0 Å². The van der Waals surface area contributed by atoms with Crippen LogP contribution in [0.3, 0.4) is 0 Å². The number of carbonyl (C=O) groups excluding carboxylic acids is 1. The second kappa shape index (κ2) is 7.26. The summed E-state index contributed by atoms with van der Waals surface area (Å²) in [5.41, 5.74) is -0.00394. The van der Waals surface area contributed by atoms with Gasteiger partial charge in [0, 0.05) is 31.0 Å². The van der Waals surface area contributed by atoms with Gasteiger partial charge in [-0.2, -0.15) is 0 Å². The number of rotatable bonds is 4. The third kappa shape index (κ3) is 4.62. The summed E-state index contributed by atoms with van der Waals surface area (Å²) in [6.07, 6.45) is 0.349. The zero-order chi connectivity index (χ0) is 19.8. The highest BCUT2D eigenvalue weighted by Crippen LogP contribution is 2.25. The van der Waals surface area contributed by atoms with Crippen molar-refractivity contribution >= 4 is 33.7 Å². The highest BCUT2D eigenvalue weighted by molar-refractivity contribution is 7.84. The average Bonchev–Trinajstić information content (AvgIpc) is 3.18. The number of nitro groups is 1. The first-order valence-electron chi connectivity index (χ1n) is 8.53. The Bertz CT molecular complexity index is 904.